The maximum Gasteiger partial charge on any atom is 0.573 e. The number of nitrogens with one attached hydrogen (secondary N) is 1. The smallest absolute Gasteiger partial charge is 0.481 e. The molecule has 0 aliphatic heterocycles. The average molecular weight is 291 g/mol. The second-order valence-corrected chi connectivity index (χ2v) is 4.19. The first-order valence-corrected chi connectivity index (χ1v) is 6.13. The quantitative estimate of drug-likeness (QED) is 0.810. The molecular formula is C13H16F3NO3. The molecule has 20 heavy (non-hydrogen) atoms. The van der Waals surface area contributed by atoms with Gasteiger partial charge in [-0.15, -0.1) is 13.2 Å². The molecular weight excluding hydrogens is 275 g/mol. The monoisotopic (exact) mass is 291 g/mol. The number of para-hydroxylation sites is 1. The van der Waals surface area contributed by atoms with Crippen LogP contribution in [-0.2, 0) is 4.79 Å². The molecule has 0 aromatic heterocycles. The van der Waals surface area contributed by atoms with E-state index in [1.54, 1.807) is 6.07 Å². The number of carbonyl (C=O) groups is 1. The van der Waals surface area contributed by atoms with Gasteiger partial charge in [0, 0.05) is 11.6 Å². The van der Waals surface area contributed by atoms with E-state index >= 15 is 0 Å². The fourth-order valence-corrected chi connectivity index (χ4v) is 1.77. The van der Waals surface area contributed by atoms with Gasteiger partial charge in [-0.25, -0.2) is 0 Å². The number of alkyl halides is 3. The van der Waals surface area contributed by atoms with Crippen molar-refractivity contribution in [3.8, 4) is 5.75 Å². The van der Waals surface area contributed by atoms with Crippen LogP contribution in [0.1, 0.15) is 31.4 Å². The third-order valence-corrected chi connectivity index (χ3v) is 2.54. The molecule has 0 saturated carbocycles. The molecule has 4 nitrogen and oxygen atoms in total. The van der Waals surface area contributed by atoms with Gasteiger partial charge in [-0.3, -0.25) is 4.79 Å². The number of halogens is 3. The highest BCUT2D eigenvalue weighted by molar-refractivity contribution is 5.68. The third kappa shape index (κ3) is 5.48. The number of hydrogen-bond acceptors (Lipinski definition) is 3. The lowest BCUT2D eigenvalue weighted by molar-refractivity contribution is -0.275. The van der Waals surface area contributed by atoms with Crippen LogP contribution in [0.3, 0.4) is 0 Å². The zero-order valence-corrected chi connectivity index (χ0v) is 10.9. The van der Waals surface area contributed by atoms with E-state index < -0.39 is 18.4 Å². The standard InChI is InChI=1S/C13H16F3NO3/c1-2-7-17-10(8-12(18)19)9-5-3-4-6-11(9)20-13(14,15)16/h3-6,10,17H,2,7-8H2,1H3,(H,18,19). The van der Waals surface area contributed by atoms with Crippen LogP contribution in [0.25, 0.3) is 0 Å². The van der Waals surface area contributed by atoms with Gasteiger partial charge < -0.3 is 15.2 Å². The first-order chi connectivity index (χ1) is 9.33. The van der Waals surface area contributed by atoms with Gasteiger partial charge in [0.15, 0.2) is 0 Å². The lowest BCUT2D eigenvalue weighted by Crippen LogP contribution is -2.26. The molecule has 0 spiro atoms. The second kappa shape index (κ2) is 7.14. The van der Waals surface area contributed by atoms with E-state index in [9.17, 15) is 18.0 Å². The van der Waals surface area contributed by atoms with Crippen LogP contribution in [0.4, 0.5) is 13.2 Å². The Morgan fingerprint density at radius 1 is 1.40 bits per heavy atom. The zero-order chi connectivity index (χ0) is 15.2. The van der Waals surface area contributed by atoms with Gasteiger partial charge in [-0.1, -0.05) is 25.1 Å². The van der Waals surface area contributed by atoms with Gasteiger partial charge in [-0.05, 0) is 19.0 Å². The summed E-state index contributed by atoms with van der Waals surface area (Å²) in [6, 6.07) is 4.82. The first kappa shape index (κ1) is 16.3. The summed E-state index contributed by atoms with van der Waals surface area (Å²) in [5.41, 5.74) is 0.181. The van der Waals surface area contributed by atoms with Gasteiger partial charge >= 0.3 is 12.3 Å². The first-order valence-electron chi connectivity index (χ1n) is 6.13. The van der Waals surface area contributed by atoms with Crippen LogP contribution in [0, 0.1) is 0 Å². The second-order valence-electron chi connectivity index (χ2n) is 4.19. The highest BCUT2D eigenvalue weighted by Crippen LogP contribution is 2.31. The number of carboxylic acid groups (broad SMARTS) is 1. The van der Waals surface area contributed by atoms with Gasteiger partial charge in [0.1, 0.15) is 5.75 Å². The summed E-state index contributed by atoms with van der Waals surface area (Å²) in [5, 5.41) is 11.8. The summed E-state index contributed by atoms with van der Waals surface area (Å²) in [7, 11) is 0. The topological polar surface area (TPSA) is 58.6 Å². The molecule has 1 aromatic rings. The van der Waals surface area contributed by atoms with Crippen molar-refractivity contribution in [2.45, 2.75) is 32.2 Å². The summed E-state index contributed by atoms with van der Waals surface area (Å²) in [6.07, 6.45) is -4.40. The largest absolute Gasteiger partial charge is 0.573 e. The van der Waals surface area contributed by atoms with E-state index in [-0.39, 0.29) is 17.7 Å². The summed E-state index contributed by atoms with van der Waals surface area (Å²) < 4.78 is 41.0. The fraction of sp³-hybridized carbons (Fsp3) is 0.462. The molecule has 0 fully saturated rings. The van der Waals surface area contributed by atoms with E-state index in [0.717, 1.165) is 6.42 Å². The average Bonchev–Trinajstić information content (AvgIpc) is 2.33. The molecule has 1 rings (SSSR count). The maximum absolute atomic E-state index is 12.3. The molecule has 0 aliphatic rings. The Balaban J connectivity index is 3.02. The van der Waals surface area contributed by atoms with Crippen molar-refractivity contribution in [2.75, 3.05) is 6.54 Å². The van der Waals surface area contributed by atoms with Crippen LogP contribution in [0.5, 0.6) is 5.75 Å². The van der Waals surface area contributed by atoms with Crippen molar-refractivity contribution in [3.63, 3.8) is 0 Å². The lowest BCUT2D eigenvalue weighted by atomic mass is 10.0. The molecule has 0 saturated heterocycles. The number of rotatable bonds is 7. The van der Waals surface area contributed by atoms with Gasteiger partial charge in [0.25, 0.3) is 0 Å². The summed E-state index contributed by atoms with van der Waals surface area (Å²) >= 11 is 0. The summed E-state index contributed by atoms with van der Waals surface area (Å²) in [5.74, 6) is -1.48. The Hall–Kier alpha value is -1.76. The number of aliphatic carboxylic acids is 1. The minimum Gasteiger partial charge on any atom is -0.481 e. The Morgan fingerprint density at radius 2 is 2.05 bits per heavy atom. The molecule has 0 radical (unpaired) electrons. The Morgan fingerprint density at radius 3 is 2.60 bits per heavy atom. The van der Waals surface area contributed by atoms with Crippen molar-refractivity contribution >= 4 is 5.97 Å². The van der Waals surface area contributed by atoms with Crippen LogP contribution >= 0.6 is 0 Å². The zero-order valence-electron chi connectivity index (χ0n) is 10.9. The molecule has 2 N–H and O–H groups in total. The Labute approximate surface area is 114 Å². The molecule has 0 heterocycles. The number of carboxylic acids is 1. The molecule has 1 unspecified atom stereocenters. The molecule has 112 valence electrons. The molecule has 1 atom stereocenters. The minimum atomic E-state index is -4.81. The molecule has 1 aromatic carbocycles. The normalized spacial score (nSPS) is 13.0. The molecule has 0 aliphatic carbocycles. The third-order valence-electron chi connectivity index (χ3n) is 2.54. The molecule has 0 amide bonds. The van der Waals surface area contributed by atoms with Crippen molar-refractivity contribution in [1.29, 1.82) is 0 Å². The van der Waals surface area contributed by atoms with E-state index in [4.69, 9.17) is 5.11 Å². The Bertz CT molecular complexity index is 449. The summed E-state index contributed by atoms with van der Waals surface area (Å²) in [4.78, 5) is 10.8. The fourth-order valence-electron chi connectivity index (χ4n) is 1.77. The van der Waals surface area contributed by atoms with E-state index in [0.29, 0.717) is 6.54 Å². The highest BCUT2D eigenvalue weighted by atomic mass is 19.4. The highest BCUT2D eigenvalue weighted by Gasteiger charge is 2.33. The minimum absolute atomic E-state index is 0.181. The Kier molecular flexibility index (Phi) is 5.82. The number of ether oxygens (including phenoxy) is 1. The summed E-state index contributed by atoms with van der Waals surface area (Å²) in [6.45, 7) is 2.38. The van der Waals surface area contributed by atoms with Crippen molar-refractivity contribution < 1.29 is 27.8 Å². The SMILES string of the molecule is CCCNC(CC(=O)O)c1ccccc1OC(F)(F)F. The van der Waals surface area contributed by atoms with Crippen LogP contribution in [-0.4, -0.2) is 24.0 Å². The predicted octanol–water partition coefficient (Wildman–Crippen LogP) is 3.10. The van der Waals surface area contributed by atoms with Crippen molar-refractivity contribution in [1.82, 2.24) is 5.32 Å². The van der Waals surface area contributed by atoms with Crippen molar-refractivity contribution in [2.24, 2.45) is 0 Å². The van der Waals surface area contributed by atoms with E-state index in [2.05, 4.69) is 10.1 Å². The number of benzene rings is 1. The van der Waals surface area contributed by atoms with Crippen LogP contribution < -0.4 is 10.1 Å². The predicted molar refractivity (Wildman–Crippen MR) is 66.4 cm³/mol. The van der Waals surface area contributed by atoms with Crippen LogP contribution in [0.15, 0.2) is 24.3 Å². The molecule has 7 heteroatoms. The lowest BCUT2D eigenvalue weighted by Gasteiger charge is -2.21. The maximum atomic E-state index is 12.3. The van der Waals surface area contributed by atoms with Gasteiger partial charge in [0.2, 0.25) is 0 Å². The molecule has 0 bridgehead atoms. The van der Waals surface area contributed by atoms with Crippen LogP contribution in [0.2, 0.25) is 0 Å². The number of hydrogen-bond donors (Lipinski definition) is 2. The van der Waals surface area contributed by atoms with Crippen molar-refractivity contribution in [3.05, 3.63) is 29.8 Å². The van der Waals surface area contributed by atoms with E-state index in [1.807, 2.05) is 6.92 Å². The van der Waals surface area contributed by atoms with Gasteiger partial charge in [-0.2, -0.15) is 0 Å². The van der Waals surface area contributed by atoms with Gasteiger partial charge in [0.05, 0.1) is 6.42 Å². The van der Waals surface area contributed by atoms with E-state index in [1.165, 1.54) is 18.2 Å².